The van der Waals surface area contributed by atoms with E-state index in [-0.39, 0.29) is 0 Å². The Kier molecular flexibility index (Phi) is 4.90. The van der Waals surface area contributed by atoms with Crippen LogP contribution in [0.1, 0.15) is 6.92 Å². The fourth-order valence-electron chi connectivity index (χ4n) is 0.457. The van der Waals surface area contributed by atoms with E-state index in [2.05, 4.69) is 11.3 Å². The molecule has 0 aliphatic rings. The summed E-state index contributed by atoms with van der Waals surface area (Å²) in [6, 6.07) is 0. The number of carbonyl (C=O) groups excluding carboxylic acids is 1. The van der Waals surface area contributed by atoms with Crippen molar-refractivity contribution in [1.82, 2.24) is 0 Å². The van der Waals surface area contributed by atoms with E-state index in [9.17, 15) is 4.79 Å². The highest BCUT2D eigenvalue weighted by Crippen LogP contribution is 1.95. The van der Waals surface area contributed by atoms with Gasteiger partial charge in [-0.25, -0.2) is 4.79 Å². The molecule has 0 aromatic rings. The van der Waals surface area contributed by atoms with Crippen LogP contribution in [-0.4, -0.2) is 19.7 Å². The van der Waals surface area contributed by atoms with E-state index in [0.29, 0.717) is 12.4 Å². The highest BCUT2D eigenvalue weighted by atomic mass is 16.5. The van der Waals surface area contributed by atoms with Gasteiger partial charge in [-0.3, -0.25) is 0 Å². The molecule has 0 bridgehead atoms. The summed E-state index contributed by atoms with van der Waals surface area (Å²) in [5.41, 5.74) is 0. The third-order valence-electron chi connectivity index (χ3n) is 0.951. The topological polar surface area (TPSA) is 35.5 Å². The Balaban J connectivity index is 3.79. The van der Waals surface area contributed by atoms with E-state index < -0.39 is 5.97 Å². The van der Waals surface area contributed by atoms with Crippen LogP contribution < -0.4 is 0 Å². The minimum atomic E-state index is -0.411. The first-order chi connectivity index (χ1) is 5.20. The quantitative estimate of drug-likeness (QED) is 0.266. The van der Waals surface area contributed by atoms with E-state index in [4.69, 9.17) is 4.74 Å². The van der Waals surface area contributed by atoms with Gasteiger partial charge in [0.1, 0.15) is 12.4 Å². The van der Waals surface area contributed by atoms with Crippen molar-refractivity contribution in [2.24, 2.45) is 0 Å². The molecule has 0 aromatic carbocycles. The van der Waals surface area contributed by atoms with Crippen molar-refractivity contribution < 1.29 is 14.3 Å². The van der Waals surface area contributed by atoms with Crippen LogP contribution in [0.15, 0.2) is 24.5 Å². The van der Waals surface area contributed by atoms with Crippen LogP contribution in [-0.2, 0) is 14.3 Å². The third-order valence-corrected chi connectivity index (χ3v) is 0.951. The number of ether oxygens (including phenoxy) is 2. The molecule has 0 rings (SSSR count). The monoisotopic (exact) mass is 156 g/mol. The molecule has 3 nitrogen and oxygen atoms in total. The molecule has 3 heteroatoms. The van der Waals surface area contributed by atoms with Crippen LogP contribution in [0.3, 0.4) is 0 Å². The predicted molar refractivity (Wildman–Crippen MR) is 41.9 cm³/mol. The Morgan fingerprint density at radius 2 is 2.27 bits per heavy atom. The predicted octanol–water partition coefficient (Wildman–Crippen LogP) is 1.27. The maximum Gasteiger partial charge on any atom is 0.333 e. The lowest BCUT2D eigenvalue weighted by Crippen LogP contribution is -1.98. The molecule has 0 aromatic heterocycles. The number of allylic oxidation sites excluding steroid dienone is 1. The molecule has 0 radical (unpaired) electrons. The van der Waals surface area contributed by atoms with Gasteiger partial charge in [0.05, 0.1) is 13.2 Å². The Morgan fingerprint density at radius 3 is 2.73 bits per heavy atom. The molecule has 0 heterocycles. The van der Waals surface area contributed by atoms with E-state index >= 15 is 0 Å². The summed E-state index contributed by atoms with van der Waals surface area (Å²) in [7, 11) is 1.32. The van der Waals surface area contributed by atoms with Crippen LogP contribution in [0.2, 0.25) is 0 Å². The summed E-state index contributed by atoms with van der Waals surface area (Å²) in [6.07, 6.45) is 2.89. The number of methoxy groups -OCH3 is 1. The van der Waals surface area contributed by atoms with Gasteiger partial charge in [-0.05, 0) is 6.92 Å². The molecule has 0 atom stereocenters. The highest BCUT2D eigenvalue weighted by Gasteiger charge is 1.95. The molecule has 62 valence electrons. The van der Waals surface area contributed by atoms with E-state index in [1.807, 2.05) is 0 Å². The molecule has 0 saturated carbocycles. The van der Waals surface area contributed by atoms with Gasteiger partial charge in [-0.15, -0.1) is 0 Å². The molecular formula is C8H12O3. The molecule has 0 N–H and O–H groups in total. The smallest absolute Gasteiger partial charge is 0.333 e. The van der Waals surface area contributed by atoms with Crippen molar-refractivity contribution in [3.8, 4) is 0 Å². The first-order valence-corrected chi connectivity index (χ1v) is 3.20. The molecule has 0 fully saturated rings. The van der Waals surface area contributed by atoms with Crippen molar-refractivity contribution in [1.29, 1.82) is 0 Å². The zero-order chi connectivity index (χ0) is 8.69. The minimum absolute atomic E-state index is 0.402. The lowest BCUT2D eigenvalue weighted by atomic mass is 10.5. The summed E-state index contributed by atoms with van der Waals surface area (Å²) in [6.45, 7) is 5.55. The summed E-state index contributed by atoms with van der Waals surface area (Å²) >= 11 is 0. The molecular weight excluding hydrogens is 144 g/mol. The Bertz CT molecular complexity index is 170. The molecule has 0 aliphatic carbocycles. The number of esters is 1. The molecule has 0 unspecified atom stereocenters. The van der Waals surface area contributed by atoms with Crippen LogP contribution >= 0.6 is 0 Å². The van der Waals surface area contributed by atoms with Crippen molar-refractivity contribution >= 4 is 5.97 Å². The van der Waals surface area contributed by atoms with Crippen LogP contribution in [0.5, 0.6) is 0 Å². The Hall–Kier alpha value is -1.25. The van der Waals surface area contributed by atoms with Crippen molar-refractivity contribution in [2.75, 3.05) is 13.7 Å². The van der Waals surface area contributed by atoms with E-state index in [1.165, 1.54) is 13.2 Å². The summed E-state index contributed by atoms with van der Waals surface area (Å²) in [4.78, 5) is 10.6. The van der Waals surface area contributed by atoms with Gasteiger partial charge in [0, 0.05) is 0 Å². The number of rotatable bonds is 4. The summed E-state index contributed by atoms with van der Waals surface area (Å²) in [5, 5.41) is 0. The SMILES string of the molecule is C=CCO/C(C)=C\C(=O)OC. The first-order valence-electron chi connectivity index (χ1n) is 3.20. The van der Waals surface area contributed by atoms with Crippen LogP contribution in [0.25, 0.3) is 0 Å². The highest BCUT2D eigenvalue weighted by molar-refractivity contribution is 5.82. The van der Waals surface area contributed by atoms with Crippen molar-refractivity contribution in [3.63, 3.8) is 0 Å². The maximum atomic E-state index is 10.6. The fraction of sp³-hybridized carbons (Fsp3) is 0.375. The fourth-order valence-corrected chi connectivity index (χ4v) is 0.457. The van der Waals surface area contributed by atoms with Gasteiger partial charge in [-0.1, -0.05) is 12.7 Å². The lowest BCUT2D eigenvalue weighted by Gasteiger charge is -2.00. The zero-order valence-electron chi connectivity index (χ0n) is 6.79. The second-order valence-corrected chi connectivity index (χ2v) is 1.88. The average molecular weight is 156 g/mol. The Morgan fingerprint density at radius 1 is 1.64 bits per heavy atom. The van der Waals surface area contributed by atoms with Crippen LogP contribution in [0, 0.1) is 0 Å². The summed E-state index contributed by atoms with van der Waals surface area (Å²) in [5.74, 6) is 0.114. The third kappa shape index (κ3) is 5.21. The van der Waals surface area contributed by atoms with E-state index in [1.54, 1.807) is 13.0 Å². The van der Waals surface area contributed by atoms with E-state index in [0.717, 1.165) is 0 Å². The second-order valence-electron chi connectivity index (χ2n) is 1.88. The maximum absolute atomic E-state index is 10.6. The lowest BCUT2D eigenvalue weighted by molar-refractivity contribution is -0.135. The van der Waals surface area contributed by atoms with Crippen LogP contribution in [0.4, 0.5) is 0 Å². The van der Waals surface area contributed by atoms with Gasteiger partial charge >= 0.3 is 5.97 Å². The normalized spacial score (nSPS) is 10.5. The number of carbonyl (C=O) groups is 1. The van der Waals surface area contributed by atoms with Gasteiger partial charge in [-0.2, -0.15) is 0 Å². The van der Waals surface area contributed by atoms with Gasteiger partial charge < -0.3 is 9.47 Å². The number of hydrogen-bond acceptors (Lipinski definition) is 3. The largest absolute Gasteiger partial charge is 0.494 e. The molecule has 0 aliphatic heterocycles. The second kappa shape index (κ2) is 5.53. The number of hydrogen-bond donors (Lipinski definition) is 0. The summed E-state index contributed by atoms with van der Waals surface area (Å²) < 4.78 is 9.39. The first kappa shape index (κ1) is 9.75. The zero-order valence-corrected chi connectivity index (χ0v) is 6.79. The van der Waals surface area contributed by atoms with Crippen molar-refractivity contribution in [3.05, 3.63) is 24.5 Å². The molecule has 11 heavy (non-hydrogen) atoms. The average Bonchev–Trinajstić information content (AvgIpc) is 2.00. The molecule has 0 amide bonds. The van der Waals surface area contributed by atoms with Crippen molar-refractivity contribution in [2.45, 2.75) is 6.92 Å². The Labute approximate surface area is 66.3 Å². The van der Waals surface area contributed by atoms with Gasteiger partial charge in [0.15, 0.2) is 0 Å². The minimum Gasteiger partial charge on any atom is -0.494 e. The standard InChI is InChI=1S/C8H12O3/c1-4-5-11-7(2)6-8(9)10-3/h4,6H,1,5H2,2-3H3/b7-6-. The van der Waals surface area contributed by atoms with Gasteiger partial charge in [0.2, 0.25) is 0 Å². The molecule has 0 saturated heterocycles. The molecule has 0 spiro atoms. The van der Waals surface area contributed by atoms with Gasteiger partial charge in [0.25, 0.3) is 0 Å².